The number of halogens is 1. The Kier molecular flexibility index (Phi) is 10.4. The van der Waals surface area contributed by atoms with E-state index in [1.54, 1.807) is 67.6 Å². The average Bonchev–Trinajstić information content (AvgIpc) is 3.00. The molecule has 4 aromatic carbocycles. The molecule has 0 fully saturated rings. The maximum atomic E-state index is 14.3. The zero-order valence-corrected chi connectivity index (χ0v) is 25.2. The van der Waals surface area contributed by atoms with Crippen LogP contribution in [0.5, 0.6) is 0 Å². The summed E-state index contributed by atoms with van der Waals surface area (Å²) in [6, 6.07) is 30.6. The number of sulfonamides is 1. The van der Waals surface area contributed by atoms with Gasteiger partial charge in [0.05, 0.1) is 10.6 Å². The molecule has 0 radical (unpaired) electrons. The summed E-state index contributed by atoms with van der Waals surface area (Å²) in [6.45, 7) is 3.57. The minimum atomic E-state index is -4.13. The van der Waals surface area contributed by atoms with Gasteiger partial charge in [0.25, 0.3) is 10.0 Å². The zero-order valence-electron chi connectivity index (χ0n) is 23.6. The lowest BCUT2D eigenvalue weighted by atomic mass is 10.0. The normalized spacial score (nSPS) is 11.9. The van der Waals surface area contributed by atoms with Crippen molar-refractivity contribution >= 4 is 39.1 Å². The summed E-state index contributed by atoms with van der Waals surface area (Å²) in [5.41, 5.74) is 2.70. The molecular weight excluding hydrogens is 570 g/mol. The third-order valence-corrected chi connectivity index (χ3v) is 8.91. The number of hydrogen-bond acceptors (Lipinski definition) is 4. The number of likely N-dealkylation sites (N-methyl/N-ethyl adjacent to an activating group) is 1. The molecule has 1 atom stereocenters. The van der Waals surface area contributed by atoms with E-state index in [0.717, 1.165) is 15.4 Å². The number of amides is 2. The highest BCUT2D eigenvalue weighted by Crippen LogP contribution is 2.27. The quantitative estimate of drug-likeness (QED) is 0.228. The minimum absolute atomic E-state index is 0.0647. The molecule has 7 nitrogen and oxygen atoms in total. The van der Waals surface area contributed by atoms with E-state index in [1.807, 2.05) is 43.3 Å². The number of hydrogen-bond donors (Lipinski definition) is 1. The van der Waals surface area contributed by atoms with Crippen LogP contribution in [0.15, 0.2) is 114 Å². The summed E-state index contributed by atoms with van der Waals surface area (Å²) >= 11 is 6.11. The third-order valence-electron chi connectivity index (χ3n) is 6.88. The molecule has 9 heteroatoms. The molecule has 0 unspecified atom stereocenters. The molecule has 0 spiro atoms. The van der Waals surface area contributed by atoms with Crippen LogP contribution in [0.2, 0.25) is 5.02 Å². The summed E-state index contributed by atoms with van der Waals surface area (Å²) in [5, 5.41) is 3.40. The van der Waals surface area contributed by atoms with Gasteiger partial charge < -0.3 is 10.2 Å². The van der Waals surface area contributed by atoms with Gasteiger partial charge in [-0.25, -0.2) is 8.42 Å². The van der Waals surface area contributed by atoms with Crippen molar-refractivity contribution in [2.75, 3.05) is 17.4 Å². The van der Waals surface area contributed by atoms with Crippen LogP contribution in [0.3, 0.4) is 0 Å². The van der Waals surface area contributed by atoms with E-state index < -0.39 is 28.5 Å². The van der Waals surface area contributed by atoms with Crippen LogP contribution in [-0.2, 0) is 32.6 Å². The second-order valence-electron chi connectivity index (χ2n) is 9.86. The molecule has 0 aromatic heterocycles. The van der Waals surface area contributed by atoms with Crippen molar-refractivity contribution in [3.63, 3.8) is 0 Å². The number of rotatable bonds is 12. The van der Waals surface area contributed by atoms with Gasteiger partial charge in [0.1, 0.15) is 12.6 Å². The molecule has 4 rings (SSSR count). The van der Waals surface area contributed by atoms with E-state index in [0.29, 0.717) is 22.8 Å². The second-order valence-corrected chi connectivity index (χ2v) is 12.2. The van der Waals surface area contributed by atoms with Crippen molar-refractivity contribution < 1.29 is 18.0 Å². The van der Waals surface area contributed by atoms with Crippen LogP contribution in [0.4, 0.5) is 5.69 Å². The Balaban J connectivity index is 1.79. The molecule has 0 aliphatic carbocycles. The molecular formula is C33H34ClN3O4S. The van der Waals surface area contributed by atoms with Crippen LogP contribution in [-0.4, -0.2) is 44.3 Å². The predicted molar refractivity (Wildman–Crippen MR) is 167 cm³/mol. The zero-order chi connectivity index (χ0) is 30.1. The molecule has 0 aliphatic heterocycles. The van der Waals surface area contributed by atoms with Crippen LogP contribution in [0.25, 0.3) is 0 Å². The van der Waals surface area contributed by atoms with Gasteiger partial charge in [0.15, 0.2) is 0 Å². The van der Waals surface area contributed by atoms with Crippen LogP contribution in [0, 0.1) is 6.92 Å². The Morgan fingerprint density at radius 1 is 0.810 bits per heavy atom. The van der Waals surface area contributed by atoms with Gasteiger partial charge in [0.2, 0.25) is 11.8 Å². The summed E-state index contributed by atoms with van der Waals surface area (Å²) in [7, 11) is -4.13. The first-order valence-electron chi connectivity index (χ1n) is 13.7. The number of para-hydroxylation sites is 1. The molecule has 0 aliphatic rings. The van der Waals surface area contributed by atoms with Crippen molar-refractivity contribution in [1.29, 1.82) is 0 Å². The van der Waals surface area contributed by atoms with Gasteiger partial charge >= 0.3 is 0 Å². The predicted octanol–water partition coefficient (Wildman–Crippen LogP) is 5.62. The van der Waals surface area contributed by atoms with Gasteiger partial charge in [-0.1, -0.05) is 90.5 Å². The minimum Gasteiger partial charge on any atom is -0.355 e. The summed E-state index contributed by atoms with van der Waals surface area (Å²) in [4.78, 5) is 29.4. The molecule has 2 amide bonds. The first-order valence-corrected chi connectivity index (χ1v) is 15.5. The van der Waals surface area contributed by atoms with E-state index in [4.69, 9.17) is 11.6 Å². The lowest BCUT2D eigenvalue weighted by molar-refractivity contribution is -0.140. The van der Waals surface area contributed by atoms with Gasteiger partial charge in [-0.05, 0) is 60.9 Å². The van der Waals surface area contributed by atoms with Crippen molar-refractivity contribution in [3.8, 4) is 0 Å². The number of carbonyl (C=O) groups is 2. The number of aryl methyl sites for hydroxylation is 1. The van der Waals surface area contributed by atoms with E-state index >= 15 is 0 Å². The summed E-state index contributed by atoms with van der Waals surface area (Å²) < 4.78 is 29.1. The highest BCUT2D eigenvalue weighted by Gasteiger charge is 2.34. The Hall–Kier alpha value is -4.14. The molecule has 0 heterocycles. The highest BCUT2D eigenvalue weighted by atomic mass is 35.5. The molecule has 0 saturated heterocycles. The van der Waals surface area contributed by atoms with Crippen molar-refractivity contribution in [1.82, 2.24) is 10.2 Å². The maximum absolute atomic E-state index is 14.3. The summed E-state index contributed by atoms with van der Waals surface area (Å²) in [6.07, 6.45) is 0.252. The van der Waals surface area contributed by atoms with E-state index in [-0.39, 0.29) is 23.8 Å². The summed E-state index contributed by atoms with van der Waals surface area (Å²) in [5.74, 6) is -0.836. The van der Waals surface area contributed by atoms with Gasteiger partial charge in [-0.3, -0.25) is 13.9 Å². The molecule has 4 aromatic rings. The van der Waals surface area contributed by atoms with Crippen molar-refractivity contribution in [2.45, 2.75) is 37.8 Å². The Bertz CT molecular complexity index is 1600. The SMILES string of the molecule is CCNC(=O)[C@H](Cc1ccccc1)N(Cc1ccc(Cl)cc1)C(=O)CN(c1ccccc1C)S(=O)(=O)c1ccccc1. The van der Waals surface area contributed by atoms with E-state index in [9.17, 15) is 18.0 Å². The maximum Gasteiger partial charge on any atom is 0.264 e. The van der Waals surface area contributed by atoms with Crippen molar-refractivity contribution in [3.05, 3.63) is 131 Å². The fourth-order valence-electron chi connectivity index (χ4n) is 4.71. The fraction of sp³-hybridized carbons (Fsp3) is 0.212. The fourth-order valence-corrected chi connectivity index (χ4v) is 6.33. The van der Waals surface area contributed by atoms with Gasteiger partial charge in [-0.15, -0.1) is 0 Å². The number of carbonyl (C=O) groups excluding carboxylic acids is 2. The lowest BCUT2D eigenvalue weighted by Gasteiger charge is -2.34. The molecule has 0 saturated carbocycles. The standard InChI is InChI=1S/C33H34ClN3O4S/c1-3-35-33(39)31(22-26-13-6-4-7-14-26)36(23-27-18-20-28(34)21-19-27)32(38)24-37(30-17-11-10-12-25(30)2)42(40,41)29-15-8-5-9-16-29/h4-21,31H,3,22-24H2,1-2H3,(H,35,39)/t31-/m0/s1. The number of anilines is 1. The Morgan fingerprint density at radius 3 is 2.02 bits per heavy atom. The van der Waals surface area contributed by atoms with Gasteiger partial charge in [-0.2, -0.15) is 0 Å². The third kappa shape index (κ3) is 7.57. The monoisotopic (exact) mass is 603 g/mol. The Morgan fingerprint density at radius 2 is 1.40 bits per heavy atom. The van der Waals surface area contributed by atoms with E-state index in [2.05, 4.69) is 5.32 Å². The lowest BCUT2D eigenvalue weighted by Crippen LogP contribution is -2.53. The smallest absolute Gasteiger partial charge is 0.264 e. The number of nitrogens with zero attached hydrogens (tertiary/aromatic N) is 2. The van der Waals surface area contributed by atoms with Crippen LogP contribution in [0.1, 0.15) is 23.6 Å². The molecule has 42 heavy (non-hydrogen) atoms. The molecule has 0 bridgehead atoms. The van der Waals surface area contributed by atoms with Gasteiger partial charge in [0, 0.05) is 24.5 Å². The molecule has 1 N–H and O–H groups in total. The van der Waals surface area contributed by atoms with E-state index in [1.165, 1.54) is 17.0 Å². The van der Waals surface area contributed by atoms with Crippen LogP contribution >= 0.6 is 11.6 Å². The number of nitrogens with one attached hydrogen (secondary N) is 1. The second kappa shape index (κ2) is 14.2. The first-order chi connectivity index (χ1) is 20.2. The Labute approximate surface area is 252 Å². The van der Waals surface area contributed by atoms with Crippen molar-refractivity contribution in [2.24, 2.45) is 0 Å². The largest absolute Gasteiger partial charge is 0.355 e. The first kappa shape index (κ1) is 30.8. The molecule has 218 valence electrons. The average molecular weight is 604 g/mol. The topological polar surface area (TPSA) is 86.8 Å². The number of benzene rings is 4. The highest BCUT2D eigenvalue weighted by molar-refractivity contribution is 7.92. The van der Waals surface area contributed by atoms with Crippen LogP contribution < -0.4 is 9.62 Å².